The molecule has 0 bridgehead atoms. The first-order valence-electron chi connectivity index (χ1n) is 9.13. The maximum atomic E-state index is 12.8. The molecule has 0 N–H and O–H groups in total. The molecule has 27 heavy (non-hydrogen) atoms. The monoisotopic (exact) mass is 391 g/mol. The maximum absolute atomic E-state index is 12.8. The molecule has 1 aromatic rings. The van der Waals surface area contributed by atoms with E-state index in [2.05, 4.69) is 0 Å². The number of carbonyl (C=O) groups excluding carboxylic acids is 3. The molecule has 2 rings (SSSR count). The molecule has 1 aliphatic rings. The van der Waals surface area contributed by atoms with Gasteiger partial charge in [-0.25, -0.2) is 4.79 Å². The third-order valence-corrected chi connectivity index (χ3v) is 4.65. The molecule has 0 aromatic heterocycles. The lowest BCUT2D eigenvalue weighted by Gasteiger charge is -2.34. The zero-order chi connectivity index (χ0) is 20.0. The van der Waals surface area contributed by atoms with Crippen LogP contribution in [0.5, 0.6) is 0 Å². The van der Waals surface area contributed by atoms with E-state index in [0.717, 1.165) is 22.6 Å². The van der Waals surface area contributed by atoms with Crippen LogP contribution < -0.4 is 4.90 Å². The molecule has 6 nitrogen and oxygen atoms in total. The molecule has 1 saturated heterocycles. The summed E-state index contributed by atoms with van der Waals surface area (Å²) in [7, 11) is 3.88. The van der Waals surface area contributed by atoms with E-state index in [1.807, 2.05) is 50.2 Å². The molecule has 0 spiro atoms. The lowest BCUT2D eigenvalue weighted by atomic mass is 10.1. The van der Waals surface area contributed by atoms with Crippen molar-refractivity contribution < 1.29 is 14.4 Å². The number of carbonyl (C=O) groups is 3. The number of halogens is 1. The zero-order valence-electron chi connectivity index (χ0n) is 16.1. The number of hydrogen-bond donors (Lipinski definition) is 0. The summed E-state index contributed by atoms with van der Waals surface area (Å²) in [4.78, 5) is 42.5. The van der Waals surface area contributed by atoms with Crippen molar-refractivity contribution in [3.63, 3.8) is 0 Å². The summed E-state index contributed by atoms with van der Waals surface area (Å²) >= 11 is 5.72. The van der Waals surface area contributed by atoms with Gasteiger partial charge in [0.05, 0.1) is 0 Å². The quantitative estimate of drug-likeness (QED) is 0.387. The summed E-state index contributed by atoms with van der Waals surface area (Å²) in [5.41, 5.74) is 1.76. The molecule has 0 unspecified atom stereocenters. The Balaban J connectivity index is 2.36. The van der Waals surface area contributed by atoms with Gasteiger partial charge < -0.3 is 4.90 Å². The van der Waals surface area contributed by atoms with Gasteiger partial charge in [0, 0.05) is 38.8 Å². The lowest BCUT2D eigenvalue weighted by Crippen LogP contribution is -2.56. The van der Waals surface area contributed by atoms with Crippen LogP contribution in [-0.4, -0.2) is 60.7 Å². The molecule has 1 aliphatic heterocycles. The molecule has 1 fully saturated rings. The first-order valence-corrected chi connectivity index (χ1v) is 9.66. The van der Waals surface area contributed by atoms with Gasteiger partial charge in [-0.15, -0.1) is 11.6 Å². The van der Waals surface area contributed by atoms with Gasteiger partial charge in [-0.05, 0) is 36.6 Å². The molecule has 1 heterocycles. The Kier molecular flexibility index (Phi) is 7.42. The van der Waals surface area contributed by atoms with Crippen LogP contribution in [0, 0.1) is 0 Å². The molecule has 1 aromatic carbocycles. The van der Waals surface area contributed by atoms with E-state index in [9.17, 15) is 14.4 Å². The van der Waals surface area contributed by atoms with Crippen LogP contribution in [0.15, 0.2) is 29.8 Å². The number of rotatable bonds is 8. The Bertz CT molecular complexity index is 696. The number of amides is 4. The average molecular weight is 392 g/mol. The minimum atomic E-state index is -0.556. The summed E-state index contributed by atoms with van der Waals surface area (Å²) in [5, 5.41) is 0. The fourth-order valence-electron chi connectivity index (χ4n) is 2.79. The van der Waals surface area contributed by atoms with Gasteiger partial charge in [-0.2, -0.15) is 0 Å². The topological polar surface area (TPSA) is 60.9 Å². The van der Waals surface area contributed by atoms with Gasteiger partial charge in [0.2, 0.25) is 0 Å². The SMILES string of the molecule is CCCCN1C(=O)/C(=C\c2ccc(N(C)C)cc2)C(=O)N(CCCCl)C1=O. The molecule has 7 heteroatoms. The third kappa shape index (κ3) is 4.89. The van der Waals surface area contributed by atoms with Crippen molar-refractivity contribution in [3.8, 4) is 0 Å². The molecule has 0 atom stereocenters. The molecule has 4 amide bonds. The van der Waals surface area contributed by atoms with Crippen LogP contribution in [0.25, 0.3) is 6.08 Å². The number of urea groups is 1. The highest BCUT2D eigenvalue weighted by atomic mass is 35.5. The summed E-state index contributed by atoms with van der Waals surface area (Å²) in [5.74, 6) is -0.748. The number of nitrogens with zero attached hydrogens (tertiary/aromatic N) is 3. The maximum Gasteiger partial charge on any atom is 0.333 e. The highest BCUT2D eigenvalue weighted by Crippen LogP contribution is 2.22. The van der Waals surface area contributed by atoms with Crippen LogP contribution in [0.2, 0.25) is 0 Å². The number of benzene rings is 1. The van der Waals surface area contributed by atoms with Crippen LogP contribution >= 0.6 is 11.6 Å². The standard InChI is InChI=1S/C20H26ClN3O3/c1-4-5-12-23-18(25)17(19(26)24(20(23)27)13-6-11-21)14-15-7-9-16(10-8-15)22(2)3/h7-10,14H,4-6,11-13H2,1-3H3/b17-14+. The second-order valence-corrected chi connectivity index (χ2v) is 7.01. The summed E-state index contributed by atoms with van der Waals surface area (Å²) in [6, 6.07) is 6.96. The van der Waals surface area contributed by atoms with E-state index >= 15 is 0 Å². The van der Waals surface area contributed by atoms with Gasteiger partial charge in [0.1, 0.15) is 5.57 Å². The van der Waals surface area contributed by atoms with Crippen molar-refractivity contribution >= 4 is 41.2 Å². The van der Waals surface area contributed by atoms with Crippen molar-refractivity contribution in [2.75, 3.05) is 38.0 Å². The van der Waals surface area contributed by atoms with Gasteiger partial charge in [0.15, 0.2) is 0 Å². The van der Waals surface area contributed by atoms with E-state index in [4.69, 9.17) is 11.6 Å². The molecule has 0 radical (unpaired) electrons. The fraction of sp³-hybridized carbons (Fsp3) is 0.450. The summed E-state index contributed by atoms with van der Waals surface area (Å²) < 4.78 is 0. The molecule has 0 saturated carbocycles. The molecule has 146 valence electrons. The second kappa shape index (κ2) is 9.55. The van der Waals surface area contributed by atoms with Crippen molar-refractivity contribution in [2.45, 2.75) is 26.2 Å². The highest BCUT2D eigenvalue weighted by molar-refractivity contribution is 6.30. The van der Waals surface area contributed by atoms with Crippen LogP contribution in [0.3, 0.4) is 0 Å². The predicted molar refractivity (Wildman–Crippen MR) is 108 cm³/mol. The highest BCUT2D eigenvalue weighted by Gasteiger charge is 2.41. The van der Waals surface area contributed by atoms with E-state index in [1.54, 1.807) is 6.08 Å². The number of unbranched alkanes of at least 4 members (excludes halogenated alkanes) is 1. The van der Waals surface area contributed by atoms with Crippen molar-refractivity contribution in [1.82, 2.24) is 9.80 Å². The fourth-order valence-corrected chi connectivity index (χ4v) is 2.91. The number of hydrogen-bond acceptors (Lipinski definition) is 4. The van der Waals surface area contributed by atoms with Crippen LogP contribution in [-0.2, 0) is 9.59 Å². The van der Waals surface area contributed by atoms with E-state index in [0.29, 0.717) is 25.3 Å². The Hall–Kier alpha value is -2.34. The Morgan fingerprint density at radius 2 is 1.52 bits per heavy atom. The molecular formula is C20H26ClN3O3. The van der Waals surface area contributed by atoms with Gasteiger partial charge in [-0.1, -0.05) is 25.5 Å². The summed E-state index contributed by atoms with van der Waals surface area (Å²) in [6.07, 6.45) is 3.58. The number of barbiturate groups is 1. The van der Waals surface area contributed by atoms with Gasteiger partial charge in [0.25, 0.3) is 11.8 Å². The minimum Gasteiger partial charge on any atom is -0.378 e. The zero-order valence-corrected chi connectivity index (χ0v) is 16.8. The first kappa shape index (κ1) is 21.0. The first-order chi connectivity index (χ1) is 12.9. The summed E-state index contributed by atoms with van der Waals surface area (Å²) in [6.45, 7) is 2.49. The number of anilines is 1. The second-order valence-electron chi connectivity index (χ2n) is 6.64. The molecule has 0 aliphatic carbocycles. The van der Waals surface area contributed by atoms with Crippen LogP contribution in [0.1, 0.15) is 31.7 Å². The van der Waals surface area contributed by atoms with Gasteiger partial charge in [-0.3, -0.25) is 19.4 Å². The Morgan fingerprint density at radius 1 is 0.963 bits per heavy atom. The van der Waals surface area contributed by atoms with Crippen molar-refractivity contribution in [2.24, 2.45) is 0 Å². The average Bonchev–Trinajstić information content (AvgIpc) is 2.65. The predicted octanol–water partition coefficient (Wildman–Crippen LogP) is 3.36. The van der Waals surface area contributed by atoms with Gasteiger partial charge >= 0.3 is 6.03 Å². The van der Waals surface area contributed by atoms with E-state index < -0.39 is 17.8 Å². The minimum absolute atomic E-state index is 0.0119. The number of alkyl halides is 1. The van der Waals surface area contributed by atoms with Crippen molar-refractivity contribution in [1.29, 1.82) is 0 Å². The lowest BCUT2D eigenvalue weighted by molar-refractivity contribution is -0.135. The Morgan fingerprint density at radius 3 is 2.00 bits per heavy atom. The number of imide groups is 2. The molecular weight excluding hydrogens is 366 g/mol. The van der Waals surface area contributed by atoms with Crippen molar-refractivity contribution in [3.05, 3.63) is 35.4 Å². The normalized spacial score (nSPS) is 16.4. The largest absolute Gasteiger partial charge is 0.378 e. The van der Waals surface area contributed by atoms with E-state index in [-0.39, 0.29) is 12.1 Å². The van der Waals surface area contributed by atoms with E-state index in [1.165, 1.54) is 4.90 Å². The third-order valence-electron chi connectivity index (χ3n) is 4.38. The smallest absolute Gasteiger partial charge is 0.333 e. The Labute approximate surface area is 165 Å². The van der Waals surface area contributed by atoms with Crippen LogP contribution in [0.4, 0.5) is 10.5 Å².